The normalized spacial score (nSPS) is 14.7. The van der Waals surface area contributed by atoms with Gasteiger partial charge in [0.25, 0.3) is 0 Å². The van der Waals surface area contributed by atoms with E-state index < -0.39 is 0 Å². The third-order valence-electron chi connectivity index (χ3n) is 2.70. The standard InChI is InChI=1S/C10H13N7S/c11-13-9-5-7(3-4-12-9)6-18-10-14-15-16-17(10)8-1-2-8/h3-5,8H,1-2,6,11H2,(H,12,13). The molecular formula is C10H13N7S. The van der Waals surface area contributed by atoms with Crippen LogP contribution >= 0.6 is 11.8 Å². The van der Waals surface area contributed by atoms with Crippen molar-refractivity contribution in [2.45, 2.75) is 29.8 Å². The van der Waals surface area contributed by atoms with Crippen molar-refractivity contribution >= 4 is 17.6 Å². The third-order valence-corrected chi connectivity index (χ3v) is 3.70. The quantitative estimate of drug-likeness (QED) is 0.471. The molecule has 2 heterocycles. The summed E-state index contributed by atoms with van der Waals surface area (Å²) in [6.07, 6.45) is 4.08. The molecule has 3 rings (SSSR count). The number of nitrogens with one attached hydrogen (secondary N) is 1. The summed E-state index contributed by atoms with van der Waals surface area (Å²) in [5.41, 5.74) is 3.67. The van der Waals surface area contributed by atoms with Crippen LogP contribution in [0, 0.1) is 0 Å². The van der Waals surface area contributed by atoms with Crippen molar-refractivity contribution in [3.05, 3.63) is 23.9 Å². The average molecular weight is 263 g/mol. The van der Waals surface area contributed by atoms with E-state index in [1.807, 2.05) is 16.8 Å². The van der Waals surface area contributed by atoms with E-state index in [0.717, 1.165) is 16.5 Å². The van der Waals surface area contributed by atoms with Crippen molar-refractivity contribution < 1.29 is 0 Å². The summed E-state index contributed by atoms with van der Waals surface area (Å²) in [4.78, 5) is 4.07. The van der Waals surface area contributed by atoms with Gasteiger partial charge in [0.15, 0.2) is 0 Å². The van der Waals surface area contributed by atoms with Gasteiger partial charge in [-0.05, 0) is 41.0 Å². The number of rotatable bonds is 5. The Morgan fingerprint density at radius 3 is 3.17 bits per heavy atom. The highest BCUT2D eigenvalue weighted by Crippen LogP contribution is 2.36. The van der Waals surface area contributed by atoms with Crippen LogP contribution < -0.4 is 11.3 Å². The molecule has 0 aliphatic heterocycles. The van der Waals surface area contributed by atoms with Crippen molar-refractivity contribution in [2.75, 3.05) is 5.43 Å². The number of nitrogen functional groups attached to an aromatic ring is 1. The summed E-state index contributed by atoms with van der Waals surface area (Å²) in [6.45, 7) is 0. The smallest absolute Gasteiger partial charge is 0.209 e. The minimum Gasteiger partial charge on any atom is -0.308 e. The summed E-state index contributed by atoms with van der Waals surface area (Å²) in [6, 6.07) is 4.37. The van der Waals surface area contributed by atoms with Gasteiger partial charge in [-0.1, -0.05) is 11.8 Å². The van der Waals surface area contributed by atoms with Crippen LogP contribution in [0.15, 0.2) is 23.5 Å². The number of nitrogens with zero attached hydrogens (tertiary/aromatic N) is 5. The van der Waals surface area contributed by atoms with Crippen LogP contribution in [0.5, 0.6) is 0 Å². The van der Waals surface area contributed by atoms with Crippen molar-refractivity contribution in [3.8, 4) is 0 Å². The Morgan fingerprint density at radius 1 is 1.50 bits per heavy atom. The summed E-state index contributed by atoms with van der Waals surface area (Å²) >= 11 is 1.62. The number of hydrazine groups is 1. The van der Waals surface area contributed by atoms with Gasteiger partial charge in [0, 0.05) is 11.9 Å². The van der Waals surface area contributed by atoms with Crippen LogP contribution in [-0.2, 0) is 5.75 Å². The highest BCUT2D eigenvalue weighted by atomic mass is 32.2. The maximum atomic E-state index is 5.33. The zero-order valence-corrected chi connectivity index (χ0v) is 10.5. The zero-order chi connectivity index (χ0) is 12.4. The molecule has 0 aromatic carbocycles. The van der Waals surface area contributed by atoms with Crippen molar-refractivity contribution in [3.63, 3.8) is 0 Å². The molecule has 2 aromatic heterocycles. The lowest BCUT2D eigenvalue weighted by molar-refractivity contribution is 0.565. The summed E-state index contributed by atoms with van der Waals surface area (Å²) < 4.78 is 1.91. The van der Waals surface area contributed by atoms with E-state index in [2.05, 4.69) is 25.9 Å². The maximum Gasteiger partial charge on any atom is 0.209 e. The number of thioether (sulfide) groups is 1. The number of anilines is 1. The molecule has 0 amide bonds. The highest BCUT2D eigenvalue weighted by molar-refractivity contribution is 7.98. The van der Waals surface area contributed by atoms with Gasteiger partial charge in [0.2, 0.25) is 5.16 Å². The zero-order valence-electron chi connectivity index (χ0n) is 9.65. The van der Waals surface area contributed by atoms with E-state index in [1.165, 1.54) is 12.8 Å². The van der Waals surface area contributed by atoms with Gasteiger partial charge < -0.3 is 5.43 Å². The molecule has 0 unspecified atom stereocenters. The average Bonchev–Trinajstić information content (AvgIpc) is 3.15. The molecule has 1 aliphatic carbocycles. The minimum absolute atomic E-state index is 0.501. The molecule has 1 saturated carbocycles. The van der Waals surface area contributed by atoms with Crippen LogP contribution in [0.2, 0.25) is 0 Å². The number of pyridine rings is 1. The SMILES string of the molecule is NNc1cc(CSc2nnnn2C2CC2)ccn1. The van der Waals surface area contributed by atoms with Gasteiger partial charge in [-0.3, -0.25) is 0 Å². The van der Waals surface area contributed by atoms with Crippen LogP contribution in [0.3, 0.4) is 0 Å². The summed E-state index contributed by atoms with van der Waals surface area (Å²) in [7, 11) is 0. The van der Waals surface area contributed by atoms with Crippen LogP contribution in [0.25, 0.3) is 0 Å². The Labute approximate surface area is 108 Å². The van der Waals surface area contributed by atoms with Gasteiger partial charge in [0.1, 0.15) is 5.82 Å². The first kappa shape index (κ1) is 11.4. The first-order valence-corrected chi connectivity index (χ1v) is 6.67. The fourth-order valence-corrected chi connectivity index (χ4v) is 2.51. The fraction of sp³-hybridized carbons (Fsp3) is 0.400. The van der Waals surface area contributed by atoms with E-state index in [-0.39, 0.29) is 0 Å². The molecule has 3 N–H and O–H groups in total. The van der Waals surface area contributed by atoms with Gasteiger partial charge in [0.05, 0.1) is 6.04 Å². The van der Waals surface area contributed by atoms with Crippen LogP contribution in [0.1, 0.15) is 24.4 Å². The first-order chi connectivity index (χ1) is 8.86. The molecule has 0 saturated heterocycles. The largest absolute Gasteiger partial charge is 0.308 e. The molecule has 0 bridgehead atoms. The second-order valence-corrected chi connectivity index (χ2v) is 5.06. The number of hydrogen-bond acceptors (Lipinski definition) is 7. The van der Waals surface area contributed by atoms with Gasteiger partial charge in [-0.25, -0.2) is 15.5 Å². The molecule has 0 radical (unpaired) electrons. The minimum atomic E-state index is 0.501. The van der Waals surface area contributed by atoms with Gasteiger partial charge in [-0.2, -0.15) is 0 Å². The number of tetrazole rings is 1. The van der Waals surface area contributed by atoms with E-state index in [9.17, 15) is 0 Å². The molecule has 2 aromatic rings. The van der Waals surface area contributed by atoms with Crippen molar-refractivity contribution in [1.29, 1.82) is 0 Å². The molecule has 1 aliphatic rings. The van der Waals surface area contributed by atoms with Crippen molar-refractivity contribution in [1.82, 2.24) is 25.2 Å². The second-order valence-electron chi connectivity index (χ2n) is 4.12. The molecule has 0 atom stereocenters. The monoisotopic (exact) mass is 263 g/mol. The summed E-state index contributed by atoms with van der Waals surface area (Å²) in [5, 5.41) is 12.7. The highest BCUT2D eigenvalue weighted by Gasteiger charge is 2.27. The molecule has 1 fully saturated rings. The van der Waals surface area contributed by atoms with Crippen molar-refractivity contribution in [2.24, 2.45) is 5.84 Å². The predicted molar refractivity (Wildman–Crippen MR) is 67.7 cm³/mol. The lowest BCUT2D eigenvalue weighted by Gasteiger charge is -2.04. The number of aromatic nitrogens is 5. The molecule has 7 nitrogen and oxygen atoms in total. The molecule has 0 spiro atoms. The first-order valence-electron chi connectivity index (χ1n) is 5.69. The summed E-state index contributed by atoms with van der Waals surface area (Å²) in [5.74, 6) is 6.78. The Morgan fingerprint density at radius 2 is 2.39 bits per heavy atom. The Kier molecular flexibility index (Phi) is 3.11. The van der Waals surface area contributed by atoms with E-state index in [4.69, 9.17) is 5.84 Å². The molecular weight excluding hydrogens is 250 g/mol. The maximum absolute atomic E-state index is 5.33. The Bertz CT molecular complexity index is 537. The predicted octanol–water partition coefficient (Wildman–Crippen LogP) is 0.981. The third kappa shape index (κ3) is 2.44. The van der Waals surface area contributed by atoms with E-state index >= 15 is 0 Å². The molecule has 94 valence electrons. The molecule has 8 heteroatoms. The Hall–Kier alpha value is -1.67. The number of nitrogens with two attached hydrogens (primary N) is 1. The van der Waals surface area contributed by atoms with E-state index in [0.29, 0.717) is 11.9 Å². The van der Waals surface area contributed by atoms with Crippen LogP contribution in [0.4, 0.5) is 5.82 Å². The van der Waals surface area contributed by atoms with E-state index in [1.54, 1.807) is 18.0 Å². The lowest BCUT2D eigenvalue weighted by atomic mass is 10.3. The second kappa shape index (κ2) is 4.91. The number of hydrogen-bond donors (Lipinski definition) is 2. The van der Waals surface area contributed by atoms with Gasteiger partial charge in [-0.15, -0.1) is 5.10 Å². The van der Waals surface area contributed by atoms with Gasteiger partial charge >= 0.3 is 0 Å². The Balaban J connectivity index is 1.67. The lowest BCUT2D eigenvalue weighted by Crippen LogP contribution is -2.08. The topological polar surface area (TPSA) is 94.5 Å². The fourth-order valence-electron chi connectivity index (χ4n) is 1.62. The van der Waals surface area contributed by atoms with Crippen LogP contribution in [-0.4, -0.2) is 25.2 Å². The molecule has 18 heavy (non-hydrogen) atoms.